The van der Waals surface area contributed by atoms with Crippen LogP contribution in [0, 0.1) is 0 Å². The van der Waals surface area contributed by atoms with Crippen molar-refractivity contribution in [1.29, 1.82) is 0 Å². The zero-order valence-electron chi connectivity index (χ0n) is 9.28. The molecule has 0 N–H and O–H groups in total. The fraction of sp³-hybridized carbons (Fsp3) is 0.583. The highest BCUT2D eigenvalue weighted by Gasteiger charge is 2.30. The number of amidine groups is 1. The molecule has 4 heteroatoms. The molecule has 1 amide bonds. The highest BCUT2D eigenvalue weighted by Crippen LogP contribution is 2.25. The van der Waals surface area contributed by atoms with E-state index in [9.17, 15) is 4.79 Å². The smallest absolute Gasteiger partial charge is 0.228 e. The van der Waals surface area contributed by atoms with Gasteiger partial charge in [0.05, 0.1) is 5.71 Å². The van der Waals surface area contributed by atoms with E-state index in [1.807, 2.05) is 4.90 Å². The van der Waals surface area contributed by atoms with Crippen molar-refractivity contribution in [2.24, 2.45) is 10.2 Å². The molecule has 3 rings (SSSR count). The number of rotatable bonds is 0. The lowest BCUT2D eigenvalue weighted by Crippen LogP contribution is -2.41. The summed E-state index contributed by atoms with van der Waals surface area (Å²) in [7, 11) is 0. The van der Waals surface area contributed by atoms with Crippen molar-refractivity contribution in [3.63, 3.8) is 0 Å². The van der Waals surface area contributed by atoms with Crippen LogP contribution in [-0.2, 0) is 4.79 Å². The first-order valence-electron chi connectivity index (χ1n) is 6.02. The zero-order chi connectivity index (χ0) is 11.0. The molecule has 1 aliphatic carbocycles. The summed E-state index contributed by atoms with van der Waals surface area (Å²) in [4.78, 5) is 13.6. The van der Waals surface area contributed by atoms with Gasteiger partial charge < -0.3 is 0 Å². The summed E-state index contributed by atoms with van der Waals surface area (Å²) in [5, 5.41) is 8.39. The predicted molar refractivity (Wildman–Crippen MR) is 62.4 cm³/mol. The standard InChI is InChI=1S/C12H15N3O/c16-11-7-3-4-8-15(11)12-9-5-1-2-6-10(9)13-14-12/h5H,1-4,6-8H2. The van der Waals surface area contributed by atoms with Gasteiger partial charge in [-0.1, -0.05) is 6.08 Å². The molecule has 0 saturated carbocycles. The summed E-state index contributed by atoms with van der Waals surface area (Å²) < 4.78 is 0. The second-order valence-corrected chi connectivity index (χ2v) is 4.48. The molecular formula is C12H15N3O. The Balaban J connectivity index is 1.86. The Morgan fingerprint density at radius 3 is 2.94 bits per heavy atom. The van der Waals surface area contributed by atoms with Gasteiger partial charge in [-0.2, -0.15) is 5.10 Å². The molecule has 1 fully saturated rings. The molecule has 2 aliphatic heterocycles. The van der Waals surface area contributed by atoms with E-state index in [-0.39, 0.29) is 5.91 Å². The monoisotopic (exact) mass is 217 g/mol. The van der Waals surface area contributed by atoms with Gasteiger partial charge in [-0.15, -0.1) is 5.10 Å². The average molecular weight is 217 g/mol. The molecule has 1 saturated heterocycles. The molecule has 0 unspecified atom stereocenters. The number of carbonyl (C=O) groups excluding carboxylic acids is 1. The van der Waals surface area contributed by atoms with Gasteiger partial charge >= 0.3 is 0 Å². The number of piperidine rings is 1. The van der Waals surface area contributed by atoms with Gasteiger partial charge in [0.15, 0.2) is 5.84 Å². The fourth-order valence-electron chi connectivity index (χ4n) is 2.48. The summed E-state index contributed by atoms with van der Waals surface area (Å²) in [6.07, 6.45) is 8.15. The van der Waals surface area contributed by atoms with Gasteiger partial charge in [0, 0.05) is 18.5 Å². The lowest BCUT2D eigenvalue weighted by Gasteiger charge is -2.27. The highest BCUT2D eigenvalue weighted by atomic mass is 16.2. The number of likely N-dealkylation sites (tertiary alicyclic amines) is 1. The maximum atomic E-state index is 11.8. The summed E-state index contributed by atoms with van der Waals surface area (Å²) in [5.74, 6) is 1.01. The third-order valence-electron chi connectivity index (χ3n) is 3.36. The molecule has 84 valence electrons. The SMILES string of the molecule is O=C1CCCCN1C1=NN=C2CCCC=C21. The third-order valence-corrected chi connectivity index (χ3v) is 3.36. The molecule has 0 aromatic carbocycles. The number of nitrogens with zero attached hydrogens (tertiary/aromatic N) is 3. The molecule has 0 aromatic rings. The fourth-order valence-corrected chi connectivity index (χ4v) is 2.48. The Labute approximate surface area is 94.7 Å². The summed E-state index contributed by atoms with van der Waals surface area (Å²) in [5.41, 5.74) is 2.18. The van der Waals surface area contributed by atoms with Crippen molar-refractivity contribution >= 4 is 17.5 Å². The first kappa shape index (κ1) is 9.75. The van der Waals surface area contributed by atoms with Crippen molar-refractivity contribution in [2.75, 3.05) is 6.54 Å². The van der Waals surface area contributed by atoms with Crippen LogP contribution < -0.4 is 0 Å². The Morgan fingerprint density at radius 1 is 1.12 bits per heavy atom. The number of hydrogen-bond acceptors (Lipinski definition) is 3. The van der Waals surface area contributed by atoms with E-state index in [2.05, 4.69) is 16.3 Å². The number of fused-ring (bicyclic) bond motifs is 1. The van der Waals surface area contributed by atoms with Crippen LogP contribution in [0.1, 0.15) is 38.5 Å². The topological polar surface area (TPSA) is 45.0 Å². The Hall–Kier alpha value is -1.45. The van der Waals surface area contributed by atoms with Crippen molar-refractivity contribution in [2.45, 2.75) is 38.5 Å². The van der Waals surface area contributed by atoms with Crippen LogP contribution in [0.15, 0.2) is 21.9 Å². The number of hydrogen-bond donors (Lipinski definition) is 0. The second kappa shape index (κ2) is 3.85. The molecule has 4 nitrogen and oxygen atoms in total. The van der Waals surface area contributed by atoms with Crippen LogP contribution in [0.3, 0.4) is 0 Å². The van der Waals surface area contributed by atoms with Crippen LogP contribution in [0.25, 0.3) is 0 Å². The van der Waals surface area contributed by atoms with E-state index in [0.717, 1.165) is 55.8 Å². The molecule has 3 aliphatic rings. The maximum Gasteiger partial charge on any atom is 0.228 e. The molecule has 0 aromatic heterocycles. The Bertz CT molecular complexity index is 420. The van der Waals surface area contributed by atoms with E-state index >= 15 is 0 Å². The molecular weight excluding hydrogens is 202 g/mol. The van der Waals surface area contributed by atoms with Crippen LogP contribution in [0.4, 0.5) is 0 Å². The third kappa shape index (κ3) is 1.49. The molecule has 0 radical (unpaired) electrons. The molecule has 16 heavy (non-hydrogen) atoms. The van der Waals surface area contributed by atoms with Gasteiger partial charge in [-0.05, 0) is 32.1 Å². The van der Waals surface area contributed by atoms with Crippen molar-refractivity contribution in [3.8, 4) is 0 Å². The predicted octanol–water partition coefficient (Wildman–Crippen LogP) is 1.88. The van der Waals surface area contributed by atoms with Crippen LogP contribution in [0.2, 0.25) is 0 Å². The molecule has 0 bridgehead atoms. The first-order valence-corrected chi connectivity index (χ1v) is 6.02. The summed E-state index contributed by atoms with van der Waals surface area (Å²) >= 11 is 0. The van der Waals surface area contributed by atoms with Gasteiger partial charge in [-0.3, -0.25) is 9.69 Å². The molecule has 0 spiro atoms. The van der Waals surface area contributed by atoms with Gasteiger partial charge in [0.25, 0.3) is 0 Å². The van der Waals surface area contributed by atoms with Crippen LogP contribution in [-0.4, -0.2) is 28.9 Å². The van der Waals surface area contributed by atoms with E-state index in [4.69, 9.17) is 0 Å². The zero-order valence-corrected chi connectivity index (χ0v) is 9.28. The molecule has 0 atom stereocenters. The summed E-state index contributed by atoms with van der Waals surface area (Å²) in [6, 6.07) is 0. The maximum absolute atomic E-state index is 11.8. The Morgan fingerprint density at radius 2 is 2.06 bits per heavy atom. The van der Waals surface area contributed by atoms with Crippen LogP contribution >= 0.6 is 0 Å². The first-order chi connectivity index (χ1) is 7.86. The average Bonchev–Trinajstić information content (AvgIpc) is 2.74. The number of allylic oxidation sites excluding steroid dienone is 1. The minimum absolute atomic E-state index is 0.202. The molecule has 2 heterocycles. The lowest BCUT2D eigenvalue weighted by molar-refractivity contribution is -0.129. The van der Waals surface area contributed by atoms with Gasteiger partial charge in [-0.25, -0.2) is 0 Å². The second-order valence-electron chi connectivity index (χ2n) is 4.48. The number of carbonyl (C=O) groups is 1. The van der Waals surface area contributed by atoms with E-state index in [1.54, 1.807) is 0 Å². The van der Waals surface area contributed by atoms with E-state index in [1.165, 1.54) is 0 Å². The van der Waals surface area contributed by atoms with Crippen molar-refractivity contribution in [1.82, 2.24) is 4.90 Å². The largest absolute Gasteiger partial charge is 0.295 e. The van der Waals surface area contributed by atoms with E-state index < -0.39 is 0 Å². The lowest BCUT2D eigenvalue weighted by atomic mass is 9.96. The highest BCUT2D eigenvalue weighted by molar-refractivity contribution is 6.28. The normalized spacial score (nSPS) is 24.9. The Kier molecular flexibility index (Phi) is 2.35. The minimum atomic E-state index is 0.202. The van der Waals surface area contributed by atoms with Gasteiger partial charge in [0.2, 0.25) is 5.91 Å². The number of amides is 1. The quantitative estimate of drug-likeness (QED) is 0.611. The summed E-state index contributed by atoms with van der Waals surface area (Å²) in [6.45, 7) is 0.803. The van der Waals surface area contributed by atoms with Crippen molar-refractivity contribution < 1.29 is 4.79 Å². The van der Waals surface area contributed by atoms with Crippen molar-refractivity contribution in [3.05, 3.63) is 11.6 Å². The van der Waals surface area contributed by atoms with Gasteiger partial charge in [0.1, 0.15) is 0 Å². The van der Waals surface area contributed by atoms with E-state index in [0.29, 0.717) is 6.42 Å². The van der Waals surface area contributed by atoms with Crippen LogP contribution in [0.5, 0.6) is 0 Å². The minimum Gasteiger partial charge on any atom is -0.295 e.